The number of hydrogen-bond acceptors (Lipinski definition) is 4. The third-order valence-corrected chi connectivity index (χ3v) is 0.578. The molecule has 0 saturated heterocycles. The summed E-state index contributed by atoms with van der Waals surface area (Å²) in [7, 11) is 0. The first-order valence-corrected chi connectivity index (χ1v) is 1.94. The Labute approximate surface area is 41.3 Å². The molecule has 3 N–H and O–H groups in total. The fourth-order valence-electron chi connectivity index (χ4n) is 0.0960. The highest BCUT2D eigenvalue weighted by Crippen LogP contribution is 1.86. The molecule has 0 spiro atoms. The highest BCUT2D eigenvalue weighted by molar-refractivity contribution is 4.60. The predicted molar refractivity (Wildman–Crippen MR) is 25.5 cm³/mol. The van der Waals surface area contributed by atoms with Crippen LogP contribution in [0.25, 0.3) is 0 Å². The van der Waals surface area contributed by atoms with E-state index in [2.05, 4.69) is 5.18 Å². The van der Waals surface area contributed by atoms with Gasteiger partial charge in [0, 0.05) is 0 Å². The lowest BCUT2D eigenvalue weighted by molar-refractivity contribution is 0.159. The molecule has 4 heteroatoms. The molecule has 0 bridgehead atoms. The molecule has 0 amide bonds. The monoisotopic (exact) mass is 104 g/mol. The van der Waals surface area contributed by atoms with Crippen molar-refractivity contribution in [3.63, 3.8) is 0 Å². The Bertz CT molecular complexity index is 64.0. The fraction of sp³-hybridized carbons (Fsp3) is 1.00. The summed E-state index contributed by atoms with van der Waals surface area (Å²) < 4.78 is 0. The Morgan fingerprint density at radius 1 is 1.86 bits per heavy atom. The van der Waals surface area contributed by atoms with Gasteiger partial charge in [-0.3, -0.25) is 0 Å². The van der Waals surface area contributed by atoms with Crippen LogP contribution < -0.4 is 5.73 Å². The van der Waals surface area contributed by atoms with Crippen LogP contribution in [0.15, 0.2) is 5.18 Å². The fourth-order valence-corrected chi connectivity index (χ4v) is 0.0960. The third-order valence-electron chi connectivity index (χ3n) is 0.578. The molecule has 7 heavy (non-hydrogen) atoms. The van der Waals surface area contributed by atoms with E-state index in [0.29, 0.717) is 0 Å². The van der Waals surface area contributed by atoms with Gasteiger partial charge in [-0.1, -0.05) is 0 Å². The Hall–Kier alpha value is -0.480. The van der Waals surface area contributed by atoms with Crippen molar-refractivity contribution in [2.75, 3.05) is 0 Å². The second-order valence-electron chi connectivity index (χ2n) is 1.38. The largest absolute Gasteiger partial charge is 0.368 e. The Balaban J connectivity index is 3.33. The summed E-state index contributed by atoms with van der Waals surface area (Å²) >= 11 is 0. The van der Waals surface area contributed by atoms with Gasteiger partial charge in [-0.2, -0.15) is 0 Å². The number of aliphatic hydroxyl groups is 1. The molecular weight excluding hydrogens is 96.0 g/mol. The summed E-state index contributed by atoms with van der Waals surface area (Å²) in [6.07, 6.45) is -1.25. The maximum Gasteiger partial charge on any atom is 0.201 e. The summed E-state index contributed by atoms with van der Waals surface area (Å²) in [6, 6.07) is -0.558. The lowest BCUT2D eigenvalue weighted by Crippen LogP contribution is -2.28. The van der Waals surface area contributed by atoms with Gasteiger partial charge < -0.3 is 10.8 Å². The lowest BCUT2D eigenvalue weighted by atomic mass is 10.3. The molecule has 0 aromatic carbocycles. The van der Waals surface area contributed by atoms with E-state index in [1.165, 1.54) is 6.92 Å². The summed E-state index contributed by atoms with van der Waals surface area (Å²) in [6.45, 7) is 1.51. The Kier molecular flexibility index (Phi) is 2.47. The molecule has 0 radical (unpaired) electrons. The van der Waals surface area contributed by atoms with E-state index < -0.39 is 12.3 Å². The van der Waals surface area contributed by atoms with Crippen LogP contribution >= 0.6 is 0 Å². The molecule has 0 aromatic rings. The Morgan fingerprint density at radius 2 is 2.29 bits per heavy atom. The highest BCUT2D eigenvalue weighted by Gasteiger charge is 2.06. The summed E-state index contributed by atoms with van der Waals surface area (Å²) in [5.41, 5.74) is 5.00. The van der Waals surface area contributed by atoms with Gasteiger partial charge >= 0.3 is 0 Å². The van der Waals surface area contributed by atoms with Gasteiger partial charge in [0.05, 0.1) is 6.04 Å². The zero-order valence-corrected chi connectivity index (χ0v) is 4.03. The van der Waals surface area contributed by atoms with Gasteiger partial charge in [0.2, 0.25) is 6.23 Å². The first-order valence-electron chi connectivity index (χ1n) is 1.94. The van der Waals surface area contributed by atoms with Crippen molar-refractivity contribution in [2.45, 2.75) is 19.2 Å². The number of aliphatic hydroxyl groups excluding tert-OH is 1. The molecule has 0 aliphatic heterocycles. The molecule has 0 aliphatic rings. The van der Waals surface area contributed by atoms with Gasteiger partial charge in [-0.25, -0.2) is 0 Å². The SMILES string of the molecule is C[C@H](N)C(O)N=O. The standard InChI is InChI=1S/C3H8N2O2/c1-2(4)3(6)5-7/h2-3,6H,4H2,1H3/t2-,3?/m0/s1. The first kappa shape index (κ1) is 6.52. The average Bonchev–Trinajstić information content (AvgIpc) is 1.65. The summed E-state index contributed by atoms with van der Waals surface area (Å²) in [5.74, 6) is 0. The molecule has 42 valence electrons. The maximum absolute atomic E-state index is 9.37. The first-order chi connectivity index (χ1) is 3.18. The molecule has 0 aliphatic carbocycles. The van der Waals surface area contributed by atoms with Gasteiger partial charge in [0.15, 0.2) is 0 Å². The van der Waals surface area contributed by atoms with E-state index in [1.807, 2.05) is 0 Å². The number of nitrogens with zero attached hydrogens (tertiary/aromatic N) is 1. The van der Waals surface area contributed by atoms with Crippen LogP contribution in [-0.4, -0.2) is 17.4 Å². The molecule has 4 nitrogen and oxygen atoms in total. The predicted octanol–water partition coefficient (Wildman–Crippen LogP) is -0.582. The van der Waals surface area contributed by atoms with Crippen LogP contribution in [0.3, 0.4) is 0 Å². The molecule has 0 saturated carbocycles. The van der Waals surface area contributed by atoms with Crippen LogP contribution in [0.2, 0.25) is 0 Å². The number of hydrogen-bond donors (Lipinski definition) is 2. The van der Waals surface area contributed by atoms with Crippen molar-refractivity contribution < 1.29 is 5.11 Å². The highest BCUT2D eigenvalue weighted by atomic mass is 16.3. The van der Waals surface area contributed by atoms with Crippen LogP contribution in [0.4, 0.5) is 0 Å². The van der Waals surface area contributed by atoms with Crippen LogP contribution in [0.1, 0.15) is 6.92 Å². The van der Waals surface area contributed by atoms with Gasteiger partial charge in [-0.05, 0) is 12.1 Å². The van der Waals surface area contributed by atoms with Crippen molar-refractivity contribution in [3.05, 3.63) is 4.91 Å². The molecule has 0 heterocycles. The number of rotatable bonds is 2. The summed E-state index contributed by atoms with van der Waals surface area (Å²) in [5, 5.41) is 10.6. The average molecular weight is 104 g/mol. The molecule has 2 atom stereocenters. The zero-order valence-electron chi connectivity index (χ0n) is 4.03. The van der Waals surface area contributed by atoms with Gasteiger partial charge in [0.1, 0.15) is 0 Å². The van der Waals surface area contributed by atoms with E-state index >= 15 is 0 Å². The lowest BCUT2D eigenvalue weighted by Gasteiger charge is -2.02. The quantitative estimate of drug-likeness (QED) is 0.460. The minimum Gasteiger partial charge on any atom is -0.368 e. The van der Waals surface area contributed by atoms with Crippen molar-refractivity contribution >= 4 is 0 Å². The van der Waals surface area contributed by atoms with Crippen molar-refractivity contribution in [3.8, 4) is 0 Å². The molecule has 0 fully saturated rings. The minimum absolute atomic E-state index is 0.558. The van der Waals surface area contributed by atoms with E-state index in [9.17, 15) is 4.91 Å². The molecular formula is C3H8N2O2. The Morgan fingerprint density at radius 3 is 2.29 bits per heavy atom. The van der Waals surface area contributed by atoms with Gasteiger partial charge in [0.25, 0.3) is 0 Å². The van der Waals surface area contributed by atoms with Crippen LogP contribution in [0, 0.1) is 4.91 Å². The molecule has 0 rings (SSSR count). The molecule has 0 aromatic heterocycles. The van der Waals surface area contributed by atoms with Gasteiger partial charge in [-0.15, -0.1) is 4.91 Å². The second-order valence-corrected chi connectivity index (χ2v) is 1.38. The number of nitroso groups, excluding NO2 is 1. The van der Waals surface area contributed by atoms with Crippen molar-refractivity contribution in [1.82, 2.24) is 0 Å². The molecule has 1 unspecified atom stereocenters. The van der Waals surface area contributed by atoms with Crippen LogP contribution in [-0.2, 0) is 0 Å². The summed E-state index contributed by atoms with van der Waals surface area (Å²) in [4.78, 5) is 9.37. The van der Waals surface area contributed by atoms with Crippen molar-refractivity contribution in [1.29, 1.82) is 0 Å². The van der Waals surface area contributed by atoms with Crippen molar-refractivity contribution in [2.24, 2.45) is 10.9 Å². The van der Waals surface area contributed by atoms with E-state index in [0.717, 1.165) is 0 Å². The topological polar surface area (TPSA) is 75.7 Å². The third kappa shape index (κ3) is 2.24. The maximum atomic E-state index is 9.37. The smallest absolute Gasteiger partial charge is 0.201 e. The van der Waals surface area contributed by atoms with E-state index in [1.54, 1.807) is 0 Å². The second kappa shape index (κ2) is 2.65. The van der Waals surface area contributed by atoms with E-state index in [4.69, 9.17) is 10.8 Å². The van der Waals surface area contributed by atoms with Crippen LogP contribution in [0.5, 0.6) is 0 Å². The zero-order chi connectivity index (χ0) is 5.86. The normalized spacial score (nSPS) is 18.1. The number of nitrogens with two attached hydrogens (primary N) is 1. The van der Waals surface area contributed by atoms with E-state index in [-0.39, 0.29) is 0 Å². The minimum atomic E-state index is -1.25.